The van der Waals surface area contributed by atoms with Gasteiger partial charge in [0.25, 0.3) is 11.5 Å². The standard InChI is InChI=1S/C30H25BrN4O6/c1-38-25-16-21(31)14-20(28(25)40-18-27(36)34-10-12-39-13-11-34)17-32-35-29(26-15-19-6-2-5-9-24(19)41-26)33-23-8-4-3-7-22(23)30(35)37/h2-9,14-17H,10-13,18H2,1H3. The van der Waals surface area contributed by atoms with Crippen LogP contribution < -0.4 is 15.0 Å². The smallest absolute Gasteiger partial charge is 0.282 e. The third-order valence-electron chi connectivity index (χ3n) is 6.68. The van der Waals surface area contributed by atoms with Crippen LogP contribution in [-0.2, 0) is 9.53 Å². The SMILES string of the molecule is COc1cc(Br)cc(C=Nn2c(-c3cc4ccccc4o3)nc3ccccc3c2=O)c1OCC(=O)N1CCOCC1. The van der Waals surface area contributed by atoms with Gasteiger partial charge in [0.05, 0.1) is 37.4 Å². The zero-order valence-electron chi connectivity index (χ0n) is 22.1. The number of morpholine rings is 1. The van der Waals surface area contributed by atoms with Crippen molar-refractivity contribution in [3.8, 4) is 23.1 Å². The molecule has 41 heavy (non-hydrogen) atoms. The minimum atomic E-state index is -0.366. The third-order valence-corrected chi connectivity index (χ3v) is 7.14. The molecule has 208 valence electrons. The Hall–Kier alpha value is -4.48. The van der Waals surface area contributed by atoms with E-state index in [1.54, 1.807) is 35.2 Å². The number of hydrogen-bond acceptors (Lipinski definition) is 8. The molecule has 6 rings (SSSR count). The zero-order chi connectivity index (χ0) is 28.3. The Labute approximate surface area is 242 Å². The Morgan fingerprint density at radius 2 is 1.88 bits per heavy atom. The molecule has 11 heteroatoms. The first-order chi connectivity index (χ1) is 20.0. The van der Waals surface area contributed by atoms with Crippen molar-refractivity contribution in [1.29, 1.82) is 0 Å². The van der Waals surface area contributed by atoms with Crippen molar-refractivity contribution < 1.29 is 23.4 Å². The van der Waals surface area contributed by atoms with Gasteiger partial charge in [-0.25, -0.2) is 4.98 Å². The average molecular weight is 617 g/mol. The van der Waals surface area contributed by atoms with Gasteiger partial charge in [0.15, 0.2) is 23.9 Å². The summed E-state index contributed by atoms with van der Waals surface area (Å²) in [5.74, 6) is 1.19. The van der Waals surface area contributed by atoms with Crippen LogP contribution in [0.5, 0.6) is 11.5 Å². The Kier molecular flexibility index (Phi) is 7.53. The maximum absolute atomic E-state index is 13.7. The summed E-state index contributed by atoms with van der Waals surface area (Å²) < 4.78 is 24.8. The van der Waals surface area contributed by atoms with Crippen LogP contribution in [0.15, 0.2) is 85.5 Å². The second-order valence-electron chi connectivity index (χ2n) is 9.27. The van der Waals surface area contributed by atoms with E-state index in [0.29, 0.717) is 70.1 Å². The first-order valence-electron chi connectivity index (χ1n) is 12.9. The number of methoxy groups -OCH3 is 1. The largest absolute Gasteiger partial charge is 0.493 e. The number of benzene rings is 3. The second kappa shape index (κ2) is 11.6. The van der Waals surface area contributed by atoms with Gasteiger partial charge in [-0.1, -0.05) is 46.3 Å². The molecule has 0 radical (unpaired) electrons. The Morgan fingerprint density at radius 3 is 2.68 bits per heavy atom. The van der Waals surface area contributed by atoms with Gasteiger partial charge >= 0.3 is 0 Å². The van der Waals surface area contributed by atoms with Crippen molar-refractivity contribution in [2.75, 3.05) is 40.0 Å². The van der Waals surface area contributed by atoms with Gasteiger partial charge in [0.2, 0.25) is 5.82 Å². The first kappa shape index (κ1) is 26.7. The number of ether oxygens (including phenoxy) is 3. The number of fused-ring (bicyclic) bond motifs is 2. The van der Waals surface area contributed by atoms with Gasteiger partial charge in [0, 0.05) is 28.5 Å². The van der Waals surface area contributed by atoms with E-state index >= 15 is 0 Å². The summed E-state index contributed by atoms with van der Waals surface area (Å²) >= 11 is 3.49. The Morgan fingerprint density at radius 1 is 1.10 bits per heavy atom. The van der Waals surface area contributed by atoms with Gasteiger partial charge in [0.1, 0.15) is 5.58 Å². The van der Waals surface area contributed by atoms with E-state index in [4.69, 9.17) is 23.6 Å². The summed E-state index contributed by atoms with van der Waals surface area (Å²) in [6.07, 6.45) is 1.48. The number of para-hydroxylation sites is 2. The van der Waals surface area contributed by atoms with Crippen LogP contribution in [0.2, 0.25) is 0 Å². The molecule has 3 aromatic carbocycles. The quantitative estimate of drug-likeness (QED) is 0.244. The van der Waals surface area contributed by atoms with Gasteiger partial charge in [-0.3, -0.25) is 9.59 Å². The lowest BCUT2D eigenvalue weighted by Crippen LogP contribution is -2.43. The Bertz CT molecular complexity index is 1810. The van der Waals surface area contributed by atoms with E-state index in [9.17, 15) is 9.59 Å². The van der Waals surface area contributed by atoms with Crippen molar-refractivity contribution in [2.24, 2.45) is 5.10 Å². The lowest BCUT2D eigenvalue weighted by molar-refractivity contribution is -0.137. The molecule has 1 amide bonds. The molecule has 5 aromatic rings. The predicted octanol–water partition coefficient (Wildman–Crippen LogP) is 4.70. The van der Waals surface area contributed by atoms with E-state index in [2.05, 4.69) is 21.0 Å². The summed E-state index contributed by atoms with van der Waals surface area (Å²) in [4.78, 5) is 32.9. The average Bonchev–Trinajstić information content (AvgIpc) is 3.44. The topological polar surface area (TPSA) is 108 Å². The van der Waals surface area contributed by atoms with E-state index in [1.807, 2.05) is 36.4 Å². The summed E-state index contributed by atoms with van der Waals surface area (Å²) in [6, 6.07) is 19.9. The molecule has 0 bridgehead atoms. The summed E-state index contributed by atoms with van der Waals surface area (Å²) in [7, 11) is 1.51. The minimum absolute atomic E-state index is 0.164. The molecule has 0 saturated carbocycles. The maximum atomic E-state index is 13.7. The molecule has 1 aliphatic rings. The zero-order valence-corrected chi connectivity index (χ0v) is 23.7. The van der Waals surface area contributed by atoms with Crippen molar-refractivity contribution in [2.45, 2.75) is 0 Å². The molecule has 0 aliphatic carbocycles. The summed E-state index contributed by atoms with van der Waals surface area (Å²) in [5, 5.41) is 5.83. The van der Waals surface area contributed by atoms with E-state index in [-0.39, 0.29) is 23.9 Å². The molecular weight excluding hydrogens is 592 g/mol. The molecule has 0 atom stereocenters. The fourth-order valence-electron chi connectivity index (χ4n) is 4.63. The molecule has 1 saturated heterocycles. The number of amides is 1. The fraction of sp³-hybridized carbons (Fsp3) is 0.200. The predicted molar refractivity (Wildman–Crippen MR) is 158 cm³/mol. The normalized spacial score (nSPS) is 13.8. The number of halogens is 1. The van der Waals surface area contributed by atoms with Gasteiger partial charge in [-0.05, 0) is 36.4 Å². The molecule has 0 unspecified atom stereocenters. The third kappa shape index (κ3) is 5.46. The monoisotopic (exact) mass is 616 g/mol. The molecule has 0 spiro atoms. The van der Waals surface area contributed by atoms with Crippen molar-refractivity contribution >= 4 is 49.9 Å². The highest BCUT2D eigenvalue weighted by molar-refractivity contribution is 9.10. The summed E-state index contributed by atoms with van der Waals surface area (Å²) in [5.41, 5.74) is 1.31. The number of rotatable bonds is 7. The van der Waals surface area contributed by atoms with Crippen molar-refractivity contribution in [1.82, 2.24) is 14.6 Å². The Balaban J connectivity index is 1.42. The highest BCUT2D eigenvalue weighted by Gasteiger charge is 2.20. The second-order valence-corrected chi connectivity index (χ2v) is 10.2. The minimum Gasteiger partial charge on any atom is -0.493 e. The van der Waals surface area contributed by atoms with Crippen LogP contribution in [0.1, 0.15) is 5.56 Å². The van der Waals surface area contributed by atoms with Crippen molar-refractivity contribution in [3.63, 3.8) is 0 Å². The van der Waals surface area contributed by atoms with Gasteiger partial charge < -0.3 is 23.5 Å². The lowest BCUT2D eigenvalue weighted by Gasteiger charge is -2.27. The molecule has 2 aromatic heterocycles. The van der Waals surface area contributed by atoms with Crippen LogP contribution >= 0.6 is 15.9 Å². The van der Waals surface area contributed by atoms with Crippen LogP contribution in [-0.4, -0.2) is 66.7 Å². The lowest BCUT2D eigenvalue weighted by atomic mass is 10.2. The first-order valence-corrected chi connectivity index (χ1v) is 13.7. The molecule has 3 heterocycles. The maximum Gasteiger partial charge on any atom is 0.282 e. The van der Waals surface area contributed by atoms with Crippen LogP contribution in [0, 0.1) is 0 Å². The van der Waals surface area contributed by atoms with Gasteiger partial charge in [-0.15, -0.1) is 0 Å². The number of carbonyl (C=O) groups excluding carboxylic acids is 1. The van der Waals surface area contributed by atoms with E-state index in [0.717, 1.165) is 5.39 Å². The number of aromatic nitrogens is 2. The molecule has 0 N–H and O–H groups in total. The number of carbonyl (C=O) groups is 1. The van der Waals surface area contributed by atoms with Gasteiger partial charge in [-0.2, -0.15) is 9.78 Å². The molecule has 1 fully saturated rings. The van der Waals surface area contributed by atoms with Crippen LogP contribution in [0.4, 0.5) is 0 Å². The number of nitrogens with zero attached hydrogens (tertiary/aromatic N) is 4. The molecular formula is C30H25BrN4O6. The van der Waals surface area contributed by atoms with Crippen LogP contribution in [0.3, 0.4) is 0 Å². The summed E-state index contributed by atoms with van der Waals surface area (Å²) in [6.45, 7) is 1.81. The number of hydrogen-bond donors (Lipinski definition) is 0. The van der Waals surface area contributed by atoms with Crippen LogP contribution in [0.25, 0.3) is 33.5 Å². The van der Waals surface area contributed by atoms with Crippen molar-refractivity contribution in [3.05, 3.63) is 87.1 Å². The fourth-order valence-corrected chi connectivity index (χ4v) is 5.09. The highest BCUT2D eigenvalue weighted by Crippen LogP contribution is 2.34. The highest BCUT2D eigenvalue weighted by atomic mass is 79.9. The van der Waals surface area contributed by atoms with E-state index in [1.165, 1.54) is 18.0 Å². The van der Waals surface area contributed by atoms with E-state index < -0.39 is 0 Å². The molecule has 10 nitrogen and oxygen atoms in total. The molecule has 1 aliphatic heterocycles. The number of furan rings is 1.